The van der Waals surface area contributed by atoms with Crippen molar-refractivity contribution in [3.05, 3.63) is 202 Å². The van der Waals surface area contributed by atoms with E-state index in [0.717, 1.165) is 12.8 Å². The first-order chi connectivity index (χ1) is 28.7. The van der Waals surface area contributed by atoms with Crippen molar-refractivity contribution in [3.8, 4) is 39.1 Å². The van der Waals surface area contributed by atoms with E-state index in [1.165, 1.54) is 113 Å². The molecule has 1 aromatic heterocycles. The molecule has 0 amide bonds. The molecule has 8 aromatic rings. The Hall–Kier alpha value is -6.18. The maximum absolute atomic E-state index is 2.51. The monoisotopic (exact) mass is 763 g/mol. The van der Waals surface area contributed by atoms with Gasteiger partial charge in [0, 0.05) is 21.9 Å². The van der Waals surface area contributed by atoms with E-state index in [0.29, 0.717) is 5.92 Å². The van der Waals surface area contributed by atoms with Crippen LogP contribution in [0.4, 0.5) is 0 Å². The van der Waals surface area contributed by atoms with Crippen molar-refractivity contribution in [1.29, 1.82) is 0 Å². The quantitative estimate of drug-likeness (QED) is 0.165. The summed E-state index contributed by atoms with van der Waals surface area (Å²) in [6, 6.07) is 54.2. The smallest absolute Gasteiger partial charge is 0.0541 e. The number of rotatable bonds is 5. The van der Waals surface area contributed by atoms with E-state index in [-0.39, 0.29) is 5.41 Å². The number of fused-ring (bicyclic) bond motifs is 6. The van der Waals surface area contributed by atoms with Crippen LogP contribution in [0, 0.1) is 20.8 Å². The van der Waals surface area contributed by atoms with Crippen LogP contribution >= 0.6 is 0 Å². The molecule has 11 rings (SSSR count). The SMILES string of the molecule is CC1=C(c2ccc3c(c2C2CC2)-c2ccc(-n4c5ccccc5c5cc(-c6ccc(C)c(-c7ccccc7C)c6)ccc54)cc2C3(C)C)CCC=C1.Cc1ccccc1. The van der Waals surface area contributed by atoms with Crippen molar-refractivity contribution in [2.75, 3.05) is 0 Å². The molecule has 0 saturated heterocycles. The fourth-order valence-corrected chi connectivity index (χ4v) is 10.1. The number of hydrogen-bond acceptors (Lipinski definition) is 0. The predicted molar refractivity (Wildman–Crippen MR) is 253 cm³/mol. The lowest BCUT2D eigenvalue weighted by atomic mass is 9.79. The van der Waals surface area contributed by atoms with Gasteiger partial charge in [-0.1, -0.05) is 141 Å². The van der Waals surface area contributed by atoms with Crippen LogP contribution in [0.1, 0.15) is 91.3 Å². The van der Waals surface area contributed by atoms with Crippen molar-refractivity contribution in [3.63, 3.8) is 0 Å². The number of aromatic nitrogens is 1. The average molecular weight is 764 g/mol. The Bertz CT molecular complexity index is 3000. The molecular weight excluding hydrogens is 711 g/mol. The molecule has 59 heavy (non-hydrogen) atoms. The van der Waals surface area contributed by atoms with Gasteiger partial charge in [0.25, 0.3) is 0 Å². The summed E-state index contributed by atoms with van der Waals surface area (Å²) >= 11 is 0. The molecule has 0 radical (unpaired) electrons. The van der Waals surface area contributed by atoms with Crippen molar-refractivity contribution >= 4 is 27.4 Å². The highest BCUT2D eigenvalue weighted by molar-refractivity contribution is 6.10. The molecule has 0 N–H and O–H groups in total. The molecule has 3 aliphatic rings. The topological polar surface area (TPSA) is 4.93 Å². The third-order valence-corrected chi connectivity index (χ3v) is 13.5. The number of para-hydroxylation sites is 1. The summed E-state index contributed by atoms with van der Waals surface area (Å²) < 4.78 is 2.50. The molecule has 290 valence electrons. The van der Waals surface area contributed by atoms with E-state index in [2.05, 4.69) is 186 Å². The van der Waals surface area contributed by atoms with Crippen LogP contribution in [-0.2, 0) is 5.41 Å². The zero-order chi connectivity index (χ0) is 40.4. The second-order valence-electron chi connectivity index (χ2n) is 17.8. The summed E-state index contributed by atoms with van der Waals surface area (Å²) in [5, 5.41) is 2.58. The van der Waals surface area contributed by atoms with Gasteiger partial charge in [0.05, 0.1) is 11.0 Å². The number of allylic oxidation sites excluding steroid dienone is 4. The third-order valence-electron chi connectivity index (χ3n) is 13.5. The summed E-state index contributed by atoms with van der Waals surface area (Å²) in [7, 11) is 0. The summed E-state index contributed by atoms with van der Waals surface area (Å²) in [4.78, 5) is 0. The predicted octanol–water partition coefficient (Wildman–Crippen LogP) is 16.0. The van der Waals surface area contributed by atoms with Gasteiger partial charge in [0.2, 0.25) is 0 Å². The Kier molecular flexibility index (Phi) is 9.17. The van der Waals surface area contributed by atoms with Crippen LogP contribution in [0.3, 0.4) is 0 Å². The second kappa shape index (κ2) is 14.6. The Labute approximate surface area is 350 Å². The van der Waals surface area contributed by atoms with Gasteiger partial charge in [0.15, 0.2) is 0 Å². The van der Waals surface area contributed by atoms with Gasteiger partial charge < -0.3 is 4.57 Å². The minimum atomic E-state index is -0.0784. The number of nitrogens with zero attached hydrogens (tertiary/aromatic N) is 1. The first-order valence-corrected chi connectivity index (χ1v) is 21.6. The van der Waals surface area contributed by atoms with Gasteiger partial charge in [-0.25, -0.2) is 0 Å². The maximum Gasteiger partial charge on any atom is 0.0541 e. The second-order valence-corrected chi connectivity index (χ2v) is 17.8. The molecule has 0 spiro atoms. The van der Waals surface area contributed by atoms with E-state index >= 15 is 0 Å². The molecule has 7 aromatic carbocycles. The maximum atomic E-state index is 2.51. The Balaban J connectivity index is 0.000000547. The number of aryl methyl sites for hydroxylation is 3. The third kappa shape index (κ3) is 6.39. The largest absolute Gasteiger partial charge is 0.309 e. The lowest BCUT2D eigenvalue weighted by molar-refractivity contribution is 0.659. The van der Waals surface area contributed by atoms with Crippen molar-refractivity contribution in [1.82, 2.24) is 4.57 Å². The summed E-state index contributed by atoms with van der Waals surface area (Å²) in [5.74, 6) is 0.672. The average Bonchev–Trinajstić information content (AvgIpc) is 4.01. The first-order valence-electron chi connectivity index (χ1n) is 21.6. The van der Waals surface area contributed by atoms with Crippen LogP contribution in [0.25, 0.3) is 66.4 Å². The van der Waals surface area contributed by atoms with Crippen molar-refractivity contribution in [2.24, 2.45) is 0 Å². The van der Waals surface area contributed by atoms with Gasteiger partial charge in [-0.2, -0.15) is 0 Å². The Morgan fingerprint density at radius 1 is 0.542 bits per heavy atom. The normalized spacial score (nSPS) is 15.3. The van der Waals surface area contributed by atoms with E-state index in [1.54, 1.807) is 11.1 Å². The molecule has 1 saturated carbocycles. The van der Waals surface area contributed by atoms with Gasteiger partial charge in [-0.3, -0.25) is 0 Å². The molecular formula is C58H53N. The fourth-order valence-electron chi connectivity index (χ4n) is 10.1. The van der Waals surface area contributed by atoms with Crippen molar-refractivity contribution in [2.45, 2.75) is 78.6 Å². The van der Waals surface area contributed by atoms with E-state index in [9.17, 15) is 0 Å². The van der Waals surface area contributed by atoms with Crippen LogP contribution in [0.15, 0.2) is 163 Å². The zero-order valence-corrected chi connectivity index (χ0v) is 35.4. The first kappa shape index (κ1) is 37.1. The van der Waals surface area contributed by atoms with Gasteiger partial charge >= 0.3 is 0 Å². The highest BCUT2D eigenvalue weighted by Gasteiger charge is 2.41. The molecule has 1 heterocycles. The van der Waals surface area contributed by atoms with Gasteiger partial charge in [-0.05, 0) is 174 Å². The molecule has 0 unspecified atom stereocenters. The van der Waals surface area contributed by atoms with E-state index in [1.807, 2.05) is 18.2 Å². The fraction of sp³-hybridized carbons (Fsp3) is 0.207. The lowest BCUT2D eigenvalue weighted by Gasteiger charge is -2.24. The highest BCUT2D eigenvalue weighted by atomic mass is 15.0. The summed E-state index contributed by atoms with van der Waals surface area (Å²) in [6.45, 7) is 13.7. The number of benzene rings is 7. The minimum absolute atomic E-state index is 0.0784. The molecule has 1 fully saturated rings. The molecule has 3 aliphatic carbocycles. The van der Waals surface area contributed by atoms with E-state index in [4.69, 9.17) is 0 Å². The van der Waals surface area contributed by atoms with Crippen LogP contribution in [0.5, 0.6) is 0 Å². The van der Waals surface area contributed by atoms with Gasteiger partial charge in [-0.15, -0.1) is 0 Å². The molecule has 0 bridgehead atoms. The Morgan fingerprint density at radius 3 is 2.00 bits per heavy atom. The molecule has 0 atom stereocenters. The van der Waals surface area contributed by atoms with Crippen LogP contribution < -0.4 is 0 Å². The van der Waals surface area contributed by atoms with Crippen molar-refractivity contribution < 1.29 is 0 Å². The van der Waals surface area contributed by atoms with Gasteiger partial charge in [0.1, 0.15) is 0 Å². The highest BCUT2D eigenvalue weighted by Crippen LogP contribution is 2.57. The van der Waals surface area contributed by atoms with E-state index < -0.39 is 0 Å². The molecule has 1 nitrogen and oxygen atoms in total. The number of hydrogen-bond donors (Lipinski definition) is 0. The minimum Gasteiger partial charge on any atom is -0.309 e. The Morgan fingerprint density at radius 2 is 1.24 bits per heavy atom. The van der Waals surface area contributed by atoms with Crippen LogP contribution in [-0.4, -0.2) is 4.57 Å². The zero-order valence-electron chi connectivity index (χ0n) is 35.4. The summed E-state index contributed by atoms with van der Waals surface area (Å²) in [5.41, 5.74) is 24.7. The van der Waals surface area contributed by atoms with Crippen LogP contribution in [0.2, 0.25) is 0 Å². The molecule has 1 heteroatoms. The summed E-state index contributed by atoms with van der Waals surface area (Å²) in [6.07, 6.45) is 9.56. The standard InChI is InChI=1S/C51H45N.C7H8/c1-31-12-6-8-14-38(31)41-25-26-45-50(49(41)34-20-21-34)42-24-23-37(30-46(42)51(45,4)5)52-47-17-11-10-16-40(47)44-29-36(22-27-48(44)52)35-19-18-33(3)43(28-35)39-15-9-7-13-32(39)2;1-7-5-3-2-4-6-7/h6-7,9-13,15-19,22-30,34H,8,14,20-21H2,1-5H3;2-6H,1H3. The lowest BCUT2D eigenvalue weighted by Crippen LogP contribution is -2.16. The molecule has 0 aliphatic heterocycles.